The number of likely N-dealkylation sites (N-methyl/N-ethyl adjacent to an activating group) is 2. The minimum Gasteiger partial charge on any atom is -0.360 e. The zero-order chi connectivity index (χ0) is 13.7. The van der Waals surface area contributed by atoms with Crippen LogP contribution in [-0.4, -0.2) is 54.7 Å². The minimum atomic E-state index is 0.703. The molecular formula is C14H26N4O. The van der Waals surface area contributed by atoms with E-state index in [4.69, 9.17) is 4.52 Å². The van der Waals surface area contributed by atoms with Gasteiger partial charge in [0.05, 0.1) is 12.2 Å². The van der Waals surface area contributed by atoms with Crippen molar-refractivity contribution in [3.63, 3.8) is 0 Å². The van der Waals surface area contributed by atoms with Gasteiger partial charge < -0.3 is 9.84 Å². The molecule has 1 fully saturated rings. The largest absolute Gasteiger partial charge is 0.360 e. The Labute approximate surface area is 115 Å². The van der Waals surface area contributed by atoms with Gasteiger partial charge in [-0.25, -0.2) is 0 Å². The fraction of sp³-hybridized carbons (Fsp3) is 0.786. The second-order valence-corrected chi connectivity index (χ2v) is 5.44. The maximum atomic E-state index is 5.36. The summed E-state index contributed by atoms with van der Waals surface area (Å²) in [4.78, 5) is 4.91. The quantitative estimate of drug-likeness (QED) is 0.806. The predicted molar refractivity (Wildman–Crippen MR) is 75.9 cm³/mol. The maximum absolute atomic E-state index is 5.36. The highest BCUT2D eigenvalue weighted by Crippen LogP contribution is 2.18. The molecule has 2 rings (SSSR count). The molecule has 0 spiro atoms. The molecule has 19 heavy (non-hydrogen) atoms. The van der Waals surface area contributed by atoms with Crippen molar-refractivity contribution in [3.05, 3.63) is 17.5 Å². The van der Waals surface area contributed by atoms with E-state index in [0.29, 0.717) is 6.04 Å². The molecule has 0 saturated carbocycles. The first-order valence-corrected chi connectivity index (χ1v) is 7.24. The van der Waals surface area contributed by atoms with Gasteiger partial charge in [-0.05, 0) is 40.0 Å². The van der Waals surface area contributed by atoms with Gasteiger partial charge in [-0.1, -0.05) is 12.1 Å². The van der Waals surface area contributed by atoms with Crippen molar-refractivity contribution < 1.29 is 4.52 Å². The molecule has 1 aromatic rings. The van der Waals surface area contributed by atoms with E-state index in [9.17, 15) is 0 Å². The van der Waals surface area contributed by atoms with E-state index in [2.05, 4.69) is 34.2 Å². The van der Waals surface area contributed by atoms with Crippen LogP contribution in [-0.2, 0) is 13.1 Å². The number of aromatic nitrogens is 1. The van der Waals surface area contributed by atoms with Gasteiger partial charge in [-0.15, -0.1) is 0 Å². The highest BCUT2D eigenvalue weighted by Gasteiger charge is 2.24. The standard InChI is InChI=1S/C14H26N4O/c1-4-18-7-5-6-13(18)10-17(3)11-14-8-12(9-15-2)16-19-14/h8,13,15H,4-7,9-11H2,1-3H3. The van der Waals surface area contributed by atoms with Crippen molar-refractivity contribution in [2.75, 3.05) is 33.7 Å². The number of nitrogens with one attached hydrogen (secondary N) is 1. The second-order valence-electron chi connectivity index (χ2n) is 5.44. The Bertz CT molecular complexity index is 379. The van der Waals surface area contributed by atoms with Crippen molar-refractivity contribution in [3.8, 4) is 0 Å². The van der Waals surface area contributed by atoms with Gasteiger partial charge in [0.25, 0.3) is 0 Å². The molecule has 1 N–H and O–H groups in total. The fourth-order valence-corrected chi connectivity index (χ4v) is 2.90. The lowest BCUT2D eigenvalue weighted by molar-refractivity contribution is 0.183. The molecule has 1 atom stereocenters. The number of rotatable bonds is 7. The molecule has 0 aliphatic carbocycles. The van der Waals surface area contributed by atoms with Gasteiger partial charge in [0.1, 0.15) is 0 Å². The van der Waals surface area contributed by atoms with E-state index in [1.165, 1.54) is 19.4 Å². The van der Waals surface area contributed by atoms with Crippen molar-refractivity contribution in [1.29, 1.82) is 0 Å². The molecule has 2 heterocycles. The third-order valence-electron chi connectivity index (χ3n) is 3.82. The summed E-state index contributed by atoms with van der Waals surface area (Å²) < 4.78 is 5.36. The van der Waals surface area contributed by atoms with Gasteiger partial charge in [0, 0.05) is 25.2 Å². The summed E-state index contributed by atoms with van der Waals surface area (Å²) in [5, 5.41) is 7.13. The van der Waals surface area contributed by atoms with Crippen molar-refractivity contribution in [2.45, 2.75) is 38.9 Å². The predicted octanol–water partition coefficient (Wildman–Crippen LogP) is 1.31. The monoisotopic (exact) mass is 266 g/mol. The van der Waals surface area contributed by atoms with Crippen LogP contribution >= 0.6 is 0 Å². The third-order valence-corrected chi connectivity index (χ3v) is 3.82. The second kappa shape index (κ2) is 7.03. The number of nitrogens with zero attached hydrogens (tertiary/aromatic N) is 3. The Morgan fingerprint density at radius 3 is 3.16 bits per heavy atom. The molecule has 1 saturated heterocycles. The van der Waals surface area contributed by atoms with E-state index < -0.39 is 0 Å². The third kappa shape index (κ3) is 4.03. The van der Waals surface area contributed by atoms with Gasteiger partial charge in [-0.2, -0.15) is 0 Å². The van der Waals surface area contributed by atoms with Crippen LogP contribution < -0.4 is 5.32 Å². The molecule has 0 radical (unpaired) electrons. The smallest absolute Gasteiger partial charge is 0.151 e. The molecule has 5 nitrogen and oxygen atoms in total. The topological polar surface area (TPSA) is 44.5 Å². The summed E-state index contributed by atoms with van der Waals surface area (Å²) in [7, 11) is 4.08. The first-order chi connectivity index (χ1) is 9.22. The van der Waals surface area contributed by atoms with Crippen molar-refractivity contribution >= 4 is 0 Å². The molecule has 0 amide bonds. The van der Waals surface area contributed by atoms with Crippen LogP contribution in [0.2, 0.25) is 0 Å². The lowest BCUT2D eigenvalue weighted by Gasteiger charge is -2.27. The molecule has 1 aliphatic heterocycles. The Hall–Kier alpha value is -0.910. The van der Waals surface area contributed by atoms with E-state index in [0.717, 1.165) is 37.6 Å². The average molecular weight is 266 g/mol. The van der Waals surface area contributed by atoms with E-state index in [1.807, 2.05) is 13.1 Å². The first-order valence-electron chi connectivity index (χ1n) is 7.24. The fourth-order valence-electron chi connectivity index (χ4n) is 2.90. The highest BCUT2D eigenvalue weighted by atomic mass is 16.5. The normalized spacial score (nSPS) is 20.5. The van der Waals surface area contributed by atoms with Crippen LogP contribution in [0.3, 0.4) is 0 Å². The summed E-state index contributed by atoms with van der Waals surface area (Å²) in [6.07, 6.45) is 2.65. The Kier molecular flexibility index (Phi) is 5.36. The van der Waals surface area contributed by atoms with Crippen molar-refractivity contribution in [2.24, 2.45) is 0 Å². The average Bonchev–Trinajstić information content (AvgIpc) is 2.99. The Balaban J connectivity index is 1.81. The Morgan fingerprint density at radius 1 is 1.58 bits per heavy atom. The van der Waals surface area contributed by atoms with Gasteiger partial charge in [-0.3, -0.25) is 9.80 Å². The lowest BCUT2D eigenvalue weighted by Crippen LogP contribution is -2.38. The Morgan fingerprint density at radius 2 is 2.42 bits per heavy atom. The highest BCUT2D eigenvalue weighted by molar-refractivity contribution is 5.05. The molecule has 1 unspecified atom stereocenters. The van der Waals surface area contributed by atoms with Crippen LogP contribution in [0.15, 0.2) is 10.6 Å². The summed E-state index contributed by atoms with van der Waals surface area (Å²) in [6.45, 7) is 7.37. The van der Waals surface area contributed by atoms with Crippen LogP contribution in [0.1, 0.15) is 31.2 Å². The van der Waals surface area contributed by atoms with Gasteiger partial charge in [0.15, 0.2) is 5.76 Å². The van der Waals surface area contributed by atoms with E-state index in [-0.39, 0.29) is 0 Å². The van der Waals surface area contributed by atoms with Crippen LogP contribution in [0.25, 0.3) is 0 Å². The molecule has 5 heteroatoms. The SMILES string of the molecule is CCN1CCCC1CN(C)Cc1cc(CNC)no1. The molecule has 0 bridgehead atoms. The number of hydrogen-bond acceptors (Lipinski definition) is 5. The van der Waals surface area contributed by atoms with Crippen LogP contribution in [0.5, 0.6) is 0 Å². The zero-order valence-corrected chi connectivity index (χ0v) is 12.4. The zero-order valence-electron chi connectivity index (χ0n) is 12.4. The summed E-state index contributed by atoms with van der Waals surface area (Å²) >= 11 is 0. The first kappa shape index (κ1) is 14.5. The summed E-state index contributed by atoms with van der Waals surface area (Å²) in [5.41, 5.74) is 0.974. The van der Waals surface area contributed by atoms with Crippen LogP contribution in [0, 0.1) is 0 Å². The summed E-state index contributed by atoms with van der Waals surface area (Å²) in [5.74, 6) is 0.953. The van der Waals surface area contributed by atoms with Gasteiger partial charge in [0.2, 0.25) is 0 Å². The summed E-state index contributed by atoms with van der Waals surface area (Å²) in [6, 6.07) is 2.74. The molecule has 1 aliphatic rings. The molecular weight excluding hydrogens is 240 g/mol. The van der Waals surface area contributed by atoms with Crippen molar-refractivity contribution in [1.82, 2.24) is 20.3 Å². The number of likely N-dealkylation sites (tertiary alicyclic amines) is 1. The van der Waals surface area contributed by atoms with Crippen LogP contribution in [0.4, 0.5) is 0 Å². The van der Waals surface area contributed by atoms with E-state index >= 15 is 0 Å². The van der Waals surface area contributed by atoms with E-state index in [1.54, 1.807) is 0 Å². The minimum absolute atomic E-state index is 0.703. The number of hydrogen-bond donors (Lipinski definition) is 1. The lowest BCUT2D eigenvalue weighted by atomic mass is 10.2. The molecule has 108 valence electrons. The molecule has 0 aromatic carbocycles. The van der Waals surface area contributed by atoms with Gasteiger partial charge >= 0.3 is 0 Å². The molecule has 1 aromatic heterocycles. The maximum Gasteiger partial charge on any atom is 0.151 e.